The molecule has 104 valence electrons. The van der Waals surface area contributed by atoms with E-state index < -0.39 is 10.0 Å². The quantitative estimate of drug-likeness (QED) is 0.684. The molecule has 0 atom stereocenters. The van der Waals surface area contributed by atoms with Crippen LogP contribution in [0.5, 0.6) is 0 Å². The molecule has 6 heteroatoms. The van der Waals surface area contributed by atoms with E-state index in [2.05, 4.69) is 17.0 Å². The number of hydrogen-bond donors (Lipinski definition) is 2. The van der Waals surface area contributed by atoms with Gasteiger partial charge in [-0.1, -0.05) is 13.8 Å². The largest absolute Gasteiger partial charge is 0.316 e. The molecule has 0 aromatic carbocycles. The molecule has 0 aliphatic rings. The van der Waals surface area contributed by atoms with Crippen LogP contribution in [-0.2, 0) is 16.4 Å². The van der Waals surface area contributed by atoms with E-state index in [4.69, 9.17) is 0 Å². The Kier molecular flexibility index (Phi) is 6.85. The maximum absolute atomic E-state index is 11.9. The van der Waals surface area contributed by atoms with Crippen molar-refractivity contribution in [2.45, 2.75) is 37.3 Å². The molecular weight excluding hydrogens is 268 g/mol. The first-order chi connectivity index (χ1) is 8.60. The van der Waals surface area contributed by atoms with Crippen LogP contribution in [0.15, 0.2) is 16.3 Å². The molecule has 0 unspecified atom stereocenters. The number of sulfonamides is 1. The Morgan fingerprint density at radius 3 is 2.50 bits per heavy atom. The van der Waals surface area contributed by atoms with Crippen molar-refractivity contribution in [3.63, 3.8) is 0 Å². The van der Waals surface area contributed by atoms with Crippen LogP contribution in [0, 0.1) is 0 Å². The Labute approximate surface area is 114 Å². The summed E-state index contributed by atoms with van der Waals surface area (Å²) in [5.41, 5.74) is 0. The maximum atomic E-state index is 11.9. The van der Waals surface area contributed by atoms with Gasteiger partial charge in [-0.2, -0.15) is 0 Å². The predicted molar refractivity (Wildman–Crippen MR) is 76.7 cm³/mol. The van der Waals surface area contributed by atoms with Crippen molar-refractivity contribution >= 4 is 21.4 Å². The van der Waals surface area contributed by atoms with Crippen LogP contribution in [0.2, 0.25) is 0 Å². The molecule has 0 bridgehead atoms. The van der Waals surface area contributed by atoms with Crippen molar-refractivity contribution in [2.24, 2.45) is 0 Å². The molecule has 0 amide bonds. The summed E-state index contributed by atoms with van der Waals surface area (Å²) in [6.45, 7) is 6.47. The zero-order valence-corrected chi connectivity index (χ0v) is 12.7. The monoisotopic (exact) mass is 290 g/mol. The van der Waals surface area contributed by atoms with Gasteiger partial charge < -0.3 is 5.32 Å². The molecule has 1 heterocycles. The molecule has 0 aliphatic heterocycles. The average Bonchev–Trinajstić information content (AvgIpc) is 2.82. The summed E-state index contributed by atoms with van der Waals surface area (Å²) in [6.07, 6.45) is 2.80. The summed E-state index contributed by atoms with van der Waals surface area (Å²) in [5, 5.41) is 3.31. The van der Waals surface area contributed by atoms with Crippen molar-refractivity contribution in [2.75, 3.05) is 19.6 Å². The van der Waals surface area contributed by atoms with Gasteiger partial charge in [0.1, 0.15) is 4.21 Å². The second-order valence-electron chi connectivity index (χ2n) is 4.12. The third-order valence-corrected chi connectivity index (χ3v) is 5.52. The fourth-order valence-electron chi connectivity index (χ4n) is 1.46. The Morgan fingerprint density at radius 1 is 1.11 bits per heavy atom. The van der Waals surface area contributed by atoms with E-state index in [0.29, 0.717) is 10.8 Å². The topological polar surface area (TPSA) is 58.2 Å². The molecule has 0 saturated carbocycles. The molecule has 1 rings (SSSR count). The molecule has 18 heavy (non-hydrogen) atoms. The van der Waals surface area contributed by atoms with Crippen molar-refractivity contribution in [3.8, 4) is 0 Å². The molecular formula is C12H22N2O2S2. The van der Waals surface area contributed by atoms with Crippen LogP contribution in [-0.4, -0.2) is 28.1 Å². The number of hydrogen-bond acceptors (Lipinski definition) is 4. The number of nitrogens with one attached hydrogen (secondary N) is 2. The first kappa shape index (κ1) is 15.6. The fraction of sp³-hybridized carbons (Fsp3) is 0.667. The van der Waals surface area contributed by atoms with Crippen LogP contribution in [0.1, 0.15) is 31.6 Å². The predicted octanol–water partition coefficient (Wildman–Crippen LogP) is 1.98. The van der Waals surface area contributed by atoms with Gasteiger partial charge in [-0.3, -0.25) is 0 Å². The molecule has 0 spiro atoms. The van der Waals surface area contributed by atoms with Gasteiger partial charge in [0.15, 0.2) is 0 Å². The van der Waals surface area contributed by atoms with E-state index in [0.717, 1.165) is 37.2 Å². The van der Waals surface area contributed by atoms with Crippen molar-refractivity contribution < 1.29 is 8.42 Å². The minimum atomic E-state index is -3.29. The number of thiophene rings is 1. The summed E-state index contributed by atoms with van der Waals surface area (Å²) in [6, 6.07) is 3.59. The van der Waals surface area contributed by atoms with E-state index in [1.807, 2.05) is 13.0 Å². The Hall–Kier alpha value is -0.430. The first-order valence-corrected chi connectivity index (χ1v) is 8.69. The highest BCUT2D eigenvalue weighted by atomic mass is 32.2. The minimum Gasteiger partial charge on any atom is -0.316 e. The smallest absolute Gasteiger partial charge is 0.250 e. The highest BCUT2D eigenvalue weighted by Gasteiger charge is 2.15. The van der Waals surface area contributed by atoms with Crippen molar-refractivity contribution in [1.82, 2.24) is 10.0 Å². The summed E-state index contributed by atoms with van der Waals surface area (Å²) >= 11 is 1.36. The minimum absolute atomic E-state index is 0.418. The standard InChI is InChI=1S/C12H22N2O2S2/c1-3-8-13-10-7-11-5-6-12(17-11)18(15,16)14-9-4-2/h5-6,13-14H,3-4,7-10H2,1-2H3. The Morgan fingerprint density at radius 2 is 1.83 bits per heavy atom. The molecule has 0 saturated heterocycles. The van der Waals surface area contributed by atoms with Gasteiger partial charge in [0, 0.05) is 11.4 Å². The van der Waals surface area contributed by atoms with Crippen LogP contribution >= 0.6 is 11.3 Å². The van der Waals surface area contributed by atoms with E-state index in [9.17, 15) is 8.42 Å². The van der Waals surface area contributed by atoms with E-state index in [1.165, 1.54) is 11.3 Å². The lowest BCUT2D eigenvalue weighted by Gasteiger charge is -2.02. The third kappa shape index (κ3) is 5.06. The van der Waals surface area contributed by atoms with Gasteiger partial charge in [-0.15, -0.1) is 11.3 Å². The molecule has 1 aromatic rings. The van der Waals surface area contributed by atoms with Crippen LogP contribution < -0.4 is 10.0 Å². The van der Waals surface area contributed by atoms with Crippen LogP contribution in [0.3, 0.4) is 0 Å². The first-order valence-electron chi connectivity index (χ1n) is 6.39. The lowest BCUT2D eigenvalue weighted by atomic mass is 10.3. The van der Waals surface area contributed by atoms with E-state index >= 15 is 0 Å². The fourth-order valence-corrected chi connectivity index (χ4v) is 3.99. The molecule has 0 aliphatic carbocycles. The highest BCUT2D eigenvalue weighted by Crippen LogP contribution is 2.21. The average molecular weight is 290 g/mol. The third-order valence-electron chi connectivity index (χ3n) is 2.42. The zero-order valence-electron chi connectivity index (χ0n) is 11.0. The van der Waals surface area contributed by atoms with Crippen molar-refractivity contribution in [1.29, 1.82) is 0 Å². The molecule has 1 aromatic heterocycles. The van der Waals surface area contributed by atoms with Crippen LogP contribution in [0.25, 0.3) is 0 Å². The lowest BCUT2D eigenvalue weighted by molar-refractivity contribution is 0.583. The zero-order chi connectivity index (χ0) is 13.4. The number of rotatable bonds is 9. The maximum Gasteiger partial charge on any atom is 0.250 e. The Balaban J connectivity index is 2.52. The van der Waals surface area contributed by atoms with Gasteiger partial charge in [0.2, 0.25) is 10.0 Å². The van der Waals surface area contributed by atoms with Crippen molar-refractivity contribution in [3.05, 3.63) is 17.0 Å². The normalized spacial score (nSPS) is 11.9. The molecule has 0 fully saturated rings. The summed E-state index contributed by atoms with van der Waals surface area (Å²) in [4.78, 5) is 1.11. The second kappa shape index (κ2) is 7.89. The molecule has 0 radical (unpaired) electrons. The van der Waals surface area contributed by atoms with Gasteiger partial charge in [-0.25, -0.2) is 13.1 Å². The lowest BCUT2D eigenvalue weighted by Crippen LogP contribution is -2.23. The Bertz CT molecular complexity index is 441. The molecule has 4 nitrogen and oxygen atoms in total. The second-order valence-corrected chi connectivity index (χ2v) is 7.28. The van der Waals surface area contributed by atoms with Gasteiger partial charge in [-0.05, 0) is 44.5 Å². The summed E-state index contributed by atoms with van der Waals surface area (Å²) in [5.74, 6) is 0. The van der Waals surface area contributed by atoms with Gasteiger partial charge in [0.05, 0.1) is 0 Å². The van der Waals surface area contributed by atoms with E-state index in [1.54, 1.807) is 6.07 Å². The summed E-state index contributed by atoms with van der Waals surface area (Å²) < 4.78 is 26.7. The van der Waals surface area contributed by atoms with Gasteiger partial charge in [0.25, 0.3) is 0 Å². The molecule has 2 N–H and O–H groups in total. The van der Waals surface area contributed by atoms with E-state index in [-0.39, 0.29) is 0 Å². The van der Waals surface area contributed by atoms with Gasteiger partial charge >= 0.3 is 0 Å². The van der Waals surface area contributed by atoms with Crippen LogP contribution in [0.4, 0.5) is 0 Å². The summed E-state index contributed by atoms with van der Waals surface area (Å²) in [7, 11) is -3.29. The SMILES string of the molecule is CCCNCCc1ccc(S(=O)(=O)NCCC)s1. The highest BCUT2D eigenvalue weighted by molar-refractivity contribution is 7.91.